The van der Waals surface area contributed by atoms with Crippen LogP contribution in [0.25, 0.3) is 0 Å². The zero-order valence-electron chi connectivity index (χ0n) is 12.6. The Morgan fingerprint density at radius 1 is 1.20 bits per heavy atom. The normalized spacial score (nSPS) is 11.2. The SMILES string of the molecule is Cc1cc(NC(=O)CNC(C)(C)C)cc(C(=O)O)c1C. The second-order valence-corrected chi connectivity index (χ2v) is 5.92. The minimum absolute atomic E-state index is 0.146. The molecule has 5 nitrogen and oxygen atoms in total. The van der Waals surface area contributed by atoms with Crippen LogP contribution in [0.1, 0.15) is 42.3 Å². The van der Waals surface area contributed by atoms with Gasteiger partial charge in [0, 0.05) is 11.2 Å². The molecular formula is C15H22N2O3. The zero-order valence-corrected chi connectivity index (χ0v) is 12.6. The third kappa shape index (κ3) is 4.66. The van der Waals surface area contributed by atoms with Crippen LogP contribution >= 0.6 is 0 Å². The summed E-state index contributed by atoms with van der Waals surface area (Å²) in [6.45, 7) is 9.67. The number of aromatic carboxylic acids is 1. The maximum absolute atomic E-state index is 11.8. The van der Waals surface area contributed by atoms with Crippen LogP contribution in [0.4, 0.5) is 5.69 Å². The van der Waals surface area contributed by atoms with Crippen molar-refractivity contribution in [3.63, 3.8) is 0 Å². The Balaban J connectivity index is 2.83. The van der Waals surface area contributed by atoms with Gasteiger partial charge in [-0.3, -0.25) is 4.79 Å². The predicted octanol–water partition coefficient (Wildman–Crippen LogP) is 2.33. The van der Waals surface area contributed by atoms with E-state index >= 15 is 0 Å². The number of aryl methyl sites for hydroxylation is 1. The molecule has 20 heavy (non-hydrogen) atoms. The van der Waals surface area contributed by atoms with Crippen molar-refractivity contribution in [3.8, 4) is 0 Å². The molecule has 0 spiro atoms. The Morgan fingerprint density at radius 2 is 1.80 bits per heavy atom. The van der Waals surface area contributed by atoms with E-state index in [1.165, 1.54) is 6.07 Å². The molecule has 0 heterocycles. The lowest BCUT2D eigenvalue weighted by molar-refractivity contribution is -0.115. The van der Waals surface area contributed by atoms with Crippen LogP contribution in [0.3, 0.4) is 0 Å². The molecule has 0 aromatic heterocycles. The first-order chi connectivity index (χ1) is 9.10. The molecule has 5 heteroatoms. The van der Waals surface area contributed by atoms with Crippen LogP contribution in [-0.2, 0) is 4.79 Å². The van der Waals surface area contributed by atoms with Gasteiger partial charge in [-0.15, -0.1) is 0 Å². The number of carbonyl (C=O) groups excluding carboxylic acids is 1. The first kappa shape index (κ1) is 16.2. The molecule has 110 valence electrons. The quantitative estimate of drug-likeness (QED) is 0.790. The van der Waals surface area contributed by atoms with E-state index in [4.69, 9.17) is 5.11 Å². The summed E-state index contributed by atoms with van der Waals surface area (Å²) in [6.07, 6.45) is 0. The number of rotatable bonds is 4. The molecule has 0 bridgehead atoms. The Kier molecular flexibility index (Phi) is 4.89. The van der Waals surface area contributed by atoms with Crippen molar-refractivity contribution >= 4 is 17.6 Å². The molecule has 3 N–H and O–H groups in total. The number of benzene rings is 1. The van der Waals surface area contributed by atoms with Crippen LogP contribution in [0.2, 0.25) is 0 Å². The van der Waals surface area contributed by atoms with Crippen LogP contribution in [0.5, 0.6) is 0 Å². The summed E-state index contributed by atoms with van der Waals surface area (Å²) in [5, 5.41) is 14.9. The molecule has 1 rings (SSSR count). The molecule has 0 saturated heterocycles. The molecule has 1 amide bonds. The molecule has 0 unspecified atom stereocenters. The van der Waals surface area contributed by atoms with Gasteiger partial charge in [0.1, 0.15) is 0 Å². The summed E-state index contributed by atoms with van der Waals surface area (Å²) >= 11 is 0. The van der Waals surface area contributed by atoms with Crippen molar-refractivity contribution in [2.45, 2.75) is 40.2 Å². The Hall–Kier alpha value is -1.88. The molecule has 0 saturated carbocycles. The number of carboxylic acids is 1. The van der Waals surface area contributed by atoms with Gasteiger partial charge in [0.15, 0.2) is 0 Å². The van der Waals surface area contributed by atoms with Gasteiger partial charge in [0.05, 0.1) is 12.1 Å². The molecule has 1 aromatic carbocycles. The average molecular weight is 278 g/mol. The van der Waals surface area contributed by atoms with Crippen molar-refractivity contribution in [2.24, 2.45) is 0 Å². The summed E-state index contributed by atoms with van der Waals surface area (Å²) in [6, 6.07) is 3.26. The summed E-state index contributed by atoms with van der Waals surface area (Å²) < 4.78 is 0. The summed E-state index contributed by atoms with van der Waals surface area (Å²) in [5.41, 5.74) is 2.12. The minimum atomic E-state index is -0.991. The molecule has 0 radical (unpaired) electrons. The van der Waals surface area contributed by atoms with Crippen LogP contribution in [0.15, 0.2) is 12.1 Å². The van der Waals surface area contributed by atoms with E-state index in [9.17, 15) is 9.59 Å². The fourth-order valence-corrected chi connectivity index (χ4v) is 1.70. The largest absolute Gasteiger partial charge is 0.478 e. The highest BCUT2D eigenvalue weighted by Crippen LogP contribution is 2.20. The Labute approximate surface area is 119 Å². The second kappa shape index (κ2) is 6.05. The van der Waals surface area contributed by atoms with Gasteiger partial charge in [-0.05, 0) is 57.9 Å². The van der Waals surface area contributed by atoms with E-state index < -0.39 is 5.97 Å². The monoisotopic (exact) mass is 278 g/mol. The molecule has 1 aromatic rings. The number of anilines is 1. The standard InChI is InChI=1S/C15H22N2O3/c1-9-6-11(7-12(10(9)2)14(19)20)17-13(18)8-16-15(3,4)5/h6-7,16H,8H2,1-5H3,(H,17,18)(H,19,20). The average Bonchev–Trinajstić information content (AvgIpc) is 2.29. The molecule has 0 aliphatic heterocycles. The third-order valence-electron chi connectivity index (χ3n) is 2.96. The van der Waals surface area contributed by atoms with E-state index in [0.717, 1.165) is 5.56 Å². The molecular weight excluding hydrogens is 256 g/mol. The molecule has 0 fully saturated rings. The van der Waals surface area contributed by atoms with Gasteiger partial charge in [0.2, 0.25) is 5.91 Å². The van der Waals surface area contributed by atoms with Crippen LogP contribution < -0.4 is 10.6 Å². The highest BCUT2D eigenvalue weighted by atomic mass is 16.4. The first-order valence-electron chi connectivity index (χ1n) is 6.49. The third-order valence-corrected chi connectivity index (χ3v) is 2.96. The van der Waals surface area contributed by atoms with Crippen LogP contribution in [0, 0.1) is 13.8 Å². The van der Waals surface area contributed by atoms with Crippen molar-refractivity contribution in [1.29, 1.82) is 0 Å². The van der Waals surface area contributed by atoms with Crippen molar-refractivity contribution in [3.05, 3.63) is 28.8 Å². The summed E-state index contributed by atoms with van der Waals surface area (Å²) in [4.78, 5) is 23.0. The number of nitrogens with one attached hydrogen (secondary N) is 2. The number of hydrogen-bond acceptors (Lipinski definition) is 3. The van der Waals surface area contributed by atoms with Crippen molar-refractivity contribution in [2.75, 3.05) is 11.9 Å². The summed E-state index contributed by atoms with van der Waals surface area (Å²) in [5.74, 6) is -1.19. The lowest BCUT2D eigenvalue weighted by Gasteiger charge is -2.20. The summed E-state index contributed by atoms with van der Waals surface area (Å²) in [7, 11) is 0. The topological polar surface area (TPSA) is 78.4 Å². The lowest BCUT2D eigenvalue weighted by Crippen LogP contribution is -2.41. The van der Waals surface area contributed by atoms with Gasteiger partial charge in [-0.1, -0.05) is 0 Å². The van der Waals surface area contributed by atoms with Gasteiger partial charge in [-0.25, -0.2) is 4.79 Å². The van der Waals surface area contributed by atoms with E-state index in [1.54, 1.807) is 13.0 Å². The van der Waals surface area contributed by atoms with E-state index in [2.05, 4.69) is 10.6 Å². The van der Waals surface area contributed by atoms with Crippen molar-refractivity contribution in [1.82, 2.24) is 5.32 Å². The maximum atomic E-state index is 11.8. The molecule has 0 aliphatic rings. The molecule has 0 aliphatic carbocycles. The number of carboxylic acid groups (broad SMARTS) is 1. The van der Waals surface area contributed by atoms with E-state index in [1.807, 2.05) is 27.7 Å². The fraction of sp³-hybridized carbons (Fsp3) is 0.467. The maximum Gasteiger partial charge on any atom is 0.336 e. The van der Waals surface area contributed by atoms with Crippen molar-refractivity contribution < 1.29 is 14.7 Å². The highest BCUT2D eigenvalue weighted by molar-refractivity contribution is 5.96. The van der Waals surface area contributed by atoms with Crippen LogP contribution in [-0.4, -0.2) is 29.1 Å². The Morgan fingerprint density at radius 3 is 2.30 bits per heavy atom. The number of hydrogen-bond donors (Lipinski definition) is 3. The van der Waals surface area contributed by atoms with Gasteiger partial charge < -0.3 is 15.7 Å². The van der Waals surface area contributed by atoms with Gasteiger partial charge in [-0.2, -0.15) is 0 Å². The predicted molar refractivity (Wildman–Crippen MR) is 79.3 cm³/mol. The number of carbonyl (C=O) groups is 2. The zero-order chi connectivity index (χ0) is 15.5. The minimum Gasteiger partial charge on any atom is -0.478 e. The van der Waals surface area contributed by atoms with Gasteiger partial charge >= 0.3 is 5.97 Å². The second-order valence-electron chi connectivity index (χ2n) is 5.92. The smallest absolute Gasteiger partial charge is 0.336 e. The molecule has 0 atom stereocenters. The Bertz CT molecular complexity index is 531. The number of amides is 1. The van der Waals surface area contributed by atoms with E-state index in [0.29, 0.717) is 11.3 Å². The van der Waals surface area contributed by atoms with E-state index in [-0.39, 0.29) is 23.6 Å². The van der Waals surface area contributed by atoms with Gasteiger partial charge in [0.25, 0.3) is 0 Å². The lowest BCUT2D eigenvalue weighted by atomic mass is 10.0. The fourth-order valence-electron chi connectivity index (χ4n) is 1.70. The highest BCUT2D eigenvalue weighted by Gasteiger charge is 2.14. The first-order valence-corrected chi connectivity index (χ1v) is 6.49.